The van der Waals surface area contributed by atoms with Crippen LogP contribution in [-0.2, 0) is 11.2 Å². The summed E-state index contributed by atoms with van der Waals surface area (Å²) in [7, 11) is 1.46. The van der Waals surface area contributed by atoms with Gasteiger partial charge in [0.2, 0.25) is 0 Å². The number of carboxylic acid groups (broad SMARTS) is 1. The molecule has 0 spiro atoms. The van der Waals surface area contributed by atoms with E-state index in [1.54, 1.807) is 19.9 Å². The first-order chi connectivity index (χ1) is 7.88. The summed E-state index contributed by atoms with van der Waals surface area (Å²) in [5.74, 6) is -0.593. The van der Waals surface area contributed by atoms with E-state index in [0.717, 1.165) is 5.56 Å². The lowest BCUT2D eigenvalue weighted by molar-refractivity contribution is -0.138. The lowest BCUT2D eigenvalue weighted by Gasteiger charge is -2.15. The van der Waals surface area contributed by atoms with Crippen molar-refractivity contribution in [2.24, 2.45) is 5.73 Å². The van der Waals surface area contributed by atoms with Gasteiger partial charge in [0, 0.05) is 0 Å². The van der Waals surface area contributed by atoms with E-state index < -0.39 is 12.0 Å². The van der Waals surface area contributed by atoms with Gasteiger partial charge in [0.15, 0.2) is 11.5 Å². The molecular weight excluding hydrogens is 222 g/mol. The summed E-state index contributed by atoms with van der Waals surface area (Å²) in [4.78, 5) is 10.7. The summed E-state index contributed by atoms with van der Waals surface area (Å²) in [6, 6.07) is 0.776. The molecule has 0 aromatic heterocycles. The van der Waals surface area contributed by atoms with E-state index in [0.29, 0.717) is 16.9 Å². The number of methoxy groups -OCH3 is 1. The van der Waals surface area contributed by atoms with Crippen LogP contribution >= 0.6 is 0 Å². The third-order valence-electron chi connectivity index (χ3n) is 2.76. The standard InChI is InChI=1S/C12H17NO4/c1-6-4-8(5-9(13)12(15)16)7(2)11(17-3)10(6)14/h4,9,14H,5,13H2,1-3H3,(H,15,16). The minimum absolute atomic E-state index is 0.0812. The molecule has 0 heterocycles. The second-order valence-electron chi connectivity index (χ2n) is 4.01. The minimum Gasteiger partial charge on any atom is -0.504 e. The maximum absolute atomic E-state index is 10.7. The van der Waals surface area contributed by atoms with E-state index in [1.165, 1.54) is 7.11 Å². The Kier molecular flexibility index (Phi) is 3.96. The molecule has 0 saturated heterocycles. The van der Waals surface area contributed by atoms with E-state index in [4.69, 9.17) is 15.6 Å². The summed E-state index contributed by atoms with van der Waals surface area (Å²) < 4.78 is 5.10. The van der Waals surface area contributed by atoms with Crippen LogP contribution in [-0.4, -0.2) is 29.3 Å². The molecule has 17 heavy (non-hydrogen) atoms. The molecule has 0 aliphatic heterocycles. The summed E-state index contributed by atoms with van der Waals surface area (Å²) in [6.07, 6.45) is 0.207. The van der Waals surface area contributed by atoms with Gasteiger partial charge in [-0.1, -0.05) is 6.07 Å². The van der Waals surface area contributed by atoms with Crippen LogP contribution in [0.4, 0.5) is 0 Å². The average molecular weight is 239 g/mol. The van der Waals surface area contributed by atoms with Gasteiger partial charge in [0.05, 0.1) is 7.11 Å². The number of nitrogens with two attached hydrogens (primary N) is 1. The van der Waals surface area contributed by atoms with Gasteiger partial charge in [-0.2, -0.15) is 0 Å². The molecule has 1 atom stereocenters. The molecule has 0 aliphatic carbocycles. The normalized spacial score (nSPS) is 12.2. The Hall–Kier alpha value is -1.75. The molecule has 1 rings (SSSR count). The van der Waals surface area contributed by atoms with Crippen LogP contribution in [0.25, 0.3) is 0 Å². The maximum atomic E-state index is 10.7. The molecule has 4 N–H and O–H groups in total. The summed E-state index contributed by atoms with van der Waals surface area (Å²) >= 11 is 0. The highest BCUT2D eigenvalue weighted by Crippen LogP contribution is 2.35. The van der Waals surface area contributed by atoms with Crippen LogP contribution in [0.2, 0.25) is 0 Å². The van der Waals surface area contributed by atoms with Crippen LogP contribution in [0, 0.1) is 13.8 Å². The highest BCUT2D eigenvalue weighted by molar-refractivity contribution is 5.73. The molecule has 94 valence electrons. The van der Waals surface area contributed by atoms with Crippen LogP contribution < -0.4 is 10.5 Å². The van der Waals surface area contributed by atoms with E-state index >= 15 is 0 Å². The Balaban J connectivity index is 3.17. The number of phenolic OH excluding ortho intramolecular Hbond substituents is 1. The summed E-state index contributed by atoms with van der Waals surface area (Å²) in [5, 5.41) is 18.6. The Labute approximate surface area is 99.8 Å². The molecule has 1 aromatic carbocycles. The van der Waals surface area contributed by atoms with Gasteiger partial charge in [-0.3, -0.25) is 4.79 Å². The van der Waals surface area contributed by atoms with Crippen molar-refractivity contribution < 1.29 is 19.7 Å². The first-order valence-electron chi connectivity index (χ1n) is 5.22. The third kappa shape index (κ3) is 2.68. The maximum Gasteiger partial charge on any atom is 0.320 e. The number of aryl methyl sites for hydroxylation is 1. The number of carbonyl (C=O) groups is 1. The quantitative estimate of drug-likeness (QED) is 0.728. The van der Waals surface area contributed by atoms with Gasteiger partial charge in [0.25, 0.3) is 0 Å². The molecular formula is C12H17NO4. The number of hydrogen-bond donors (Lipinski definition) is 3. The molecule has 0 aliphatic rings. The summed E-state index contributed by atoms with van der Waals surface area (Å²) in [6.45, 7) is 3.50. The zero-order valence-electron chi connectivity index (χ0n) is 10.2. The van der Waals surface area contributed by atoms with E-state index in [1.807, 2.05) is 0 Å². The van der Waals surface area contributed by atoms with E-state index in [9.17, 15) is 9.90 Å². The second kappa shape index (κ2) is 5.05. The highest BCUT2D eigenvalue weighted by Gasteiger charge is 2.18. The van der Waals surface area contributed by atoms with Crippen molar-refractivity contribution in [1.29, 1.82) is 0 Å². The fraction of sp³-hybridized carbons (Fsp3) is 0.417. The Morgan fingerprint density at radius 2 is 2.12 bits per heavy atom. The van der Waals surface area contributed by atoms with Gasteiger partial charge in [-0.05, 0) is 37.0 Å². The number of carboxylic acids is 1. The fourth-order valence-electron chi connectivity index (χ4n) is 1.73. The van der Waals surface area contributed by atoms with Crippen molar-refractivity contribution in [3.8, 4) is 11.5 Å². The first kappa shape index (κ1) is 13.3. The third-order valence-corrected chi connectivity index (χ3v) is 2.76. The lowest BCUT2D eigenvalue weighted by Crippen LogP contribution is -2.32. The Morgan fingerprint density at radius 3 is 2.59 bits per heavy atom. The number of aliphatic carboxylic acids is 1. The molecule has 1 unspecified atom stereocenters. The minimum atomic E-state index is -1.05. The Morgan fingerprint density at radius 1 is 1.53 bits per heavy atom. The van der Waals surface area contributed by atoms with Crippen molar-refractivity contribution in [2.45, 2.75) is 26.3 Å². The molecule has 0 bridgehead atoms. The van der Waals surface area contributed by atoms with Crippen LogP contribution in [0.5, 0.6) is 11.5 Å². The number of hydrogen-bond acceptors (Lipinski definition) is 4. The topological polar surface area (TPSA) is 92.8 Å². The zero-order chi connectivity index (χ0) is 13.2. The number of aromatic hydroxyl groups is 1. The molecule has 0 radical (unpaired) electrons. The van der Waals surface area contributed by atoms with E-state index in [2.05, 4.69) is 0 Å². The molecule has 0 fully saturated rings. The Bertz CT molecular complexity index is 443. The number of phenols is 1. The van der Waals surface area contributed by atoms with Gasteiger partial charge >= 0.3 is 5.97 Å². The van der Waals surface area contributed by atoms with Crippen molar-refractivity contribution in [3.05, 3.63) is 22.8 Å². The van der Waals surface area contributed by atoms with Gasteiger partial charge in [0.1, 0.15) is 6.04 Å². The van der Waals surface area contributed by atoms with Gasteiger partial charge < -0.3 is 20.7 Å². The van der Waals surface area contributed by atoms with Crippen LogP contribution in [0.1, 0.15) is 16.7 Å². The van der Waals surface area contributed by atoms with Crippen LogP contribution in [0.3, 0.4) is 0 Å². The average Bonchev–Trinajstić information content (AvgIpc) is 2.26. The monoisotopic (exact) mass is 239 g/mol. The largest absolute Gasteiger partial charge is 0.504 e. The van der Waals surface area contributed by atoms with E-state index in [-0.39, 0.29) is 12.2 Å². The molecule has 0 amide bonds. The molecule has 1 aromatic rings. The van der Waals surface area contributed by atoms with Crippen LogP contribution in [0.15, 0.2) is 6.07 Å². The predicted octanol–water partition coefficient (Wildman–Crippen LogP) is 0.972. The highest BCUT2D eigenvalue weighted by atomic mass is 16.5. The number of ether oxygens (including phenoxy) is 1. The van der Waals surface area contributed by atoms with Crippen molar-refractivity contribution in [2.75, 3.05) is 7.11 Å². The van der Waals surface area contributed by atoms with Gasteiger partial charge in [-0.25, -0.2) is 0 Å². The molecule has 5 nitrogen and oxygen atoms in total. The number of benzene rings is 1. The fourth-order valence-corrected chi connectivity index (χ4v) is 1.73. The molecule has 5 heteroatoms. The summed E-state index contributed by atoms with van der Waals surface area (Å²) in [5.41, 5.74) is 7.62. The van der Waals surface area contributed by atoms with Gasteiger partial charge in [-0.15, -0.1) is 0 Å². The van der Waals surface area contributed by atoms with Crippen molar-refractivity contribution in [1.82, 2.24) is 0 Å². The van der Waals surface area contributed by atoms with Crippen molar-refractivity contribution >= 4 is 5.97 Å². The predicted molar refractivity (Wildman–Crippen MR) is 63.4 cm³/mol. The zero-order valence-corrected chi connectivity index (χ0v) is 10.2. The second-order valence-corrected chi connectivity index (χ2v) is 4.01. The smallest absolute Gasteiger partial charge is 0.320 e. The van der Waals surface area contributed by atoms with Crippen molar-refractivity contribution in [3.63, 3.8) is 0 Å². The SMILES string of the molecule is COc1c(C)c(CC(N)C(=O)O)cc(C)c1O. The molecule has 0 saturated carbocycles. The number of rotatable bonds is 4. The first-order valence-corrected chi connectivity index (χ1v) is 5.22. The lowest BCUT2D eigenvalue weighted by atomic mass is 9.97.